The summed E-state index contributed by atoms with van der Waals surface area (Å²) in [6.45, 7) is 14.4. The van der Waals surface area contributed by atoms with E-state index < -0.39 is 23.9 Å². The number of esters is 2. The number of ether oxygens (including phenoxy) is 2. The fourth-order valence-corrected chi connectivity index (χ4v) is 3.37. The van der Waals surface area contributed by atoms with Gasteiger partial charge in [-0.05, 0) is 64.2 Å². The van der Waals surface area contributed by atoms with Crippen LogP contribution in [0.25, 0.3) is 0 Å². The molecule has 1 amide bonds. The van der Waals surface area contributed by atoms with E-state index in [0.29, 0.717) is 16.8 Å². The summed E-state index contributed by atoms with van der Waals surface area (Å²) in [5, 5.41) is 2.89. The number of aryl methyl sites for hydroxylation is 2. The molecule has 0 fully saturated rings. The largest absolute Gasteiger partial charge is 0.459 e. The zero-order valence-corrected chi connectivity index (χ0v) is 19.5. The lowest BCUT2D eigenvalue weighted by molar-refractivity contribution is -0.123. The van der Waals surface area contributed by atoms with Crippen LogP contribution in [0.4, 0.5) is 5.69 Å². The third-order valence-corrected chi connectivity index (χ3v) is 5.02. The number of aromatic amines is 1. The molecule has 0 unspecified atom stereocenters. The van der Waals surface area contributed by atoms with Crippen LogP contribution in [0, 0.1) is 20.8 Å². The molecule has 0 aliphatic rings. The highest BCUT2D eigenvalue weighted by Gasteiger charge is 2.27. The standard InChI is InChI=1S/C24H32N2O5/c1-12(2)18-11-9-10-14(5)20(18)26-22(27)17(8)31-24(29)21-15(6)19(16(7)25-21)23(28)30-13(3)4/h9-13,17,25H,1-8H3,(H,26,27)/t17-/m0/s1. The molecule has 0 aliphatic carbocycles. The number of carbonyl (C=O) groups is 3. The molecular weight excluding hydrogens is 396 g/mol. The van der Waals surface area contributed by atoms with Crippen molar-refractivity contribution in [3.63, 3.8) is 0 Å². The predicted octanol–water partition coefficient (Wildman–Crippen LogP) is 4.81. The maximum Gasteiger partial charge on any atom is 0.355 e. The van der Waals surface area contributed by atoms with Gasteiger partial charge in [0.15, 0.2) is 6.10 Å². The zero-order valence-electron chi connectivity index (χ0n) is 19.5. The highest BCUT2D eigenvalue weighted by molar-refractivity contribution is 6.01. The number of rotatable bonds is 7. The Morgan fingerprint density at radius 2 is 1.58 bits per heavy atom. The van der Waals surface area contributed by atoms with Gasteiger partial charge >= 0.3 is 11.9 Å². The molecule has 1 atom stereocenters. The number of carbonyl (C=O) groups excluding carboxylic acids is 3. The molecular formula is C24H32N2O5. The highest BCUT2D eigenvalue weighted by Crippen LogP contribution is 2.28. The molecule has 0 bridgehead atoms. The van der Waals surface area contributed by atoms with Gasteiger partial charge in [0.05, 0.1) is 11.7 Å². The SMILES string of the molecule is Cc1cccc(C(C)C)c1NC(=O)[C@H](C)OC(=O)c1[nH]c(C)c(C(=O)OC(C)C)c1C. The maximum absolute atomic E-state index is 12.7. The van der Waals surface area contributed by atoms with Crippen molar-refractivity contribution in [1.29, 1.82) is 0 Å². The Hall–Kier alpha value is -3.09. The van der Waals surface area contributed by atoms with Crippen LogP contribution >= 0.6 is 0 Å². The molecule has 2 rings (SSSR count). The Balaban J connectivity index is 2.17. The summed E-state index contributed by atoms with van der Waals surface area (Å²) in [6.07, 6.45) is -1.31. The third kappa shape index (κ3) is 5.54. The number of hydrogen-bond acceptors (Lipinski definition) is 5. The molecule has 0 radical (unpaired) electrons. The van der Waals surface area contributed by atoms with Crippen LogP contribution in [0.5, 0.6) is 0 Å². The highest BCUT2D eigenvalue weighted by atomic mass is 16.6. The summed E-state index contributed by atoms with van der Waals surface area (Å²) in [7, 11) is 0. The van der Waals surface area contributed by atoms with Gasteiger partial charge in [-0.15, -0.1) is 0 Å². The van der Waals surface area contributed by atoms with Crippen molar-refractivity contribution in [3.05, 3.63) is 51.8 Å². The summed E-state index contributed by atoms with van der Waals surface area (Å²) in [5.41, 5.74) is 4.05. The maximum atomic E-state index is 12.7. The number of nitrogens with one attached hydrogen (secondary N) is 2. The first-order valence-corrected chi connectivity index (χ1v) is 10.5. The van der Waals surface area contributed by atoms with Gasteiger partial charge in [-0.2, -0.15) is 0 Å². The minimum absolute atomic E-state index is 0.131. The van der Waals surface area contributed by atoms with Crippen LogP contribution in [-0.4, -0.2) is 35.0 Å². The minimum Gasteiger partial charge on any atom is -0.459 e. The van der Waals surface area contributed by atoms with Crippen LogP contribution in [0.15, 0.2) is 18.2 Å². The van der Waals surface area contributed by atoms with Crippen LogP contribution in [-0.2, 0) is 14.3 Å². The van der Waals surface area contributed by atoms with Gasteiger partial charge in [0.2, 0.25) is 0 Å². The zero-order chi connectivity index (χ0) is 23.5. The second-order valence-corrected chi connectivity index (χ2v) is 8.31. The number of benzene rings is 1. The smallest absolute Gasteiger partial charge is 0.355 e. The molecule has 1 heterocycles. The van der Waals surface area contributed by atoms with Crippen molar-refractivity contribution in [3.8, 4) is 0 Å². The van der Waals surface area contributed by atoms with E-state index in [-0.39, 0.29) is 17.7 Å². The lowest BCUT2D eigenvalue weighted by Crippen LogP contribution is -2.31. The molecule has 1 aromatic heterocycles. The average molecular weight is 429 g/mol. The molecule has 1 aromatic carbocycles. The lowest BCUT2D eigenvalue weighted by atomic mass is 9.98. The van der Waals surface area contributed by atoms with Gasteiger partial charge in [0.25, 0.3) is 5.91 Å². The van der Waals surface area contributed by atoms with Gasteiger partial charge in [-0.25, -0.2) is 9.59 Å². The Bertz CT molecular complexity index is 988. The molecule has 7 heteroatoms. The quantitative estimate of drug-likeness (QED) is 0.617. The first kappa shape index (κ1) is 24.2. The molecule has 2 aromatic rings. The molecule has 31 heavy (non-hydrogen) atoms. The molecule has 2 N–H and O–H groups in total. The van der Waals surface area contributed by atoms with Gasteiger partial charge in [-0.1, -0.05) is 32.0 Å². The Kier molecular flexibility index (Phi) is 7.65. The van der Waals surface area contributed by atoms with Crippen LogP contribution in [0.1, 0.15) is 83.8 Å². The lowest BCUT2D eigenvalue weighted by Gasteiger charge is -2.19. The van der Waals surface area contributed by atoms with E-state index in [2.05, 4.69) is 10.3 Å². The summed E-state index contributed by atoms with van der Waals surface area (Å²) in [4.78, 5) is 40.6. The second kappa shape index (κ2) is 9.81. The molecule has 7 nitrogen and oxygen atoms in total. The molecule has 0 saturated heterocycles. The number of anilines is 1. The normalized spacial score (nSPS) is 12.1. The van der Waals surface area contributed by atoms with Crippen molar-refractivity contribution in [2.45, 2.75) is 73.5 Å². The molecule has 0 aliphatic heterocycles. The van der Waals surface area contributed by atoms with E-state index in [1.54, 1.807) is 27.7 Å². The predicted molar refractivity (Wildman–Crippen MR) is 120 cm³/mol. The second-order valence-electron chi connectivity index (χ2n) is 8.31. The molecule has 0 spiro atoms. The fraction of sp³-hybridized carbons (Fsp3) is 0.458. The number of amides is 1. The van der Waals surface area contributed by atoms with Gasteiger partial charge in [-0.3, -0.25) is 4.79 Å². The first-order valence-electron chi connectivity index (χ1n) is 10.5. The fourth-order valence-electron chi connectivity index (χ4n) is 3.37. The molecule has 0 saturated carbocycles. The summed E-state index contributed by atoms with van der Waals surface area (Å²) >= 11 is 0. The third-order valence-electron chi connectivity index (χ3n) is 5.02. The minimum atomic E-state index is -1.03. The summed E-state index contributed by atoms with van der Waals surface area (Å²) < 4.78 is 10.6. The summed E-state index contributed by atoms with van der Waals surface area (Å²) in [6, 6.07) is 5.83. The van der Waals surface area contributed by atoms with Crippen molar-refractivity contribution >= 4 is 23.5 Å². The van der Waals surface area contributed by atoms with Crippen molar-refractivity contribution in [2.75, 3.05) is 5.32 Å². The van der Waals surface area contributed by atoms with E-state index in [0.717, 1.165) is 16.8 Å². The van der Waals surface area contributed by atoms with Crippen LogP contribution in [0.2, 0.25) is 0 Å². The van der Waals surface area contributed by atoms with E-state index in [1.807, 2.05) is 39.0 Å². The molecule has 168 valence electrons. The van der Waals surface area contributed by atoms with Gasteiger partial charge in [0.1, 0.15) is 5.69 Å². The monoisotopic (exact) mass is 428 g/mol. The van der Waals surface area contributed by atoms with Crippen LogP contribution in [0.3, 0.4) is 0 Å². The van der Waals surface area contributed by atoms with Gasteiger partial charge < -0.3 is 19.8 Å². The summed E-state index contributed by atoms with van der Waals surface area (Å²) in [5.74, 6) is -1.42. The van der Waals surface area contributed by atoms with Crippen molar-refractivity contribution in [1.82, 2.24) is 4.98 Å². The number of hydrogen-bond donors (Lipinski definition) is 2. The van der Waals surface area contributed by atoms with Gasteiger partial charge in [0, 0.05) is 11.4 Å². The Morgan fingerprint density at radius 3 is 2.16 bits per heavy atom. The first-order chi connectivity index (χ1) is 14.4. The van der Waals surface area contributed by atoms with E-state index in [4.69, 9.17) is 9.47 Å². The van der Waals surface area contributed by atoms with E-state index in [9.17, 15) is 14.4 Å². The number of aromatic nitrogens is 1. The number of para-hydroxylation sites is 1. The van der Waals surface area contributed by atoms with Crippen molar-refractivity contribution in [2.24, 2.45) is 0 Å². The average Bonchev–Trinajstić information content (AvgIpc) is 2.96. The topological polar surface area (TPSA) is 97.5 Å². The Labute approximate surface area is 183 Å². The van der Waals surface area contributed by atoms with E-state index in [1.165, 1.54) is 6.92 Å². The number of H-pyrrole nitrogens is 1. The Morgan fingerprint density at radius 1 is 0.935 bits per heavy atom. The van der Waals surface area contributed by atoms with E-state index >= 15 is 0 Å². The van der Waals surface area contributed by atoms with Crippen LogP contribution < -0.4 is 5.32 Å². The van der Waals surface area contributed by atoms with Crippen molar-refractivity contribution < 1.29 is 23.9 Å².